The standard InChI is InChI=1S/C13H16FN5O/c1-2-8-11-9(7-10(15)16-8)17-13(14)18-12(11)19-3-5-20-6-4-19/h7H,2-6H2,1H3,(H2,15,16). The van der Waals surface area contributed by atoms with Crippen LogP contribution in [0.3, 0.4) is 0 Å². The number of ether oxygens (including phenoxy) is 1. The van der Waals surface area contributed by atoms with Gasteiger partial charge in [-0.3, -0.25) is 0 Å². The maximum absolute atomic E-state index is 13.7. The fourth-order valence-corrected chi connectivity index (χ4v) is 2.46. The lowest BCUT2D eigenvalue weighted by Crippen LogP contribution is -2.37. The van der Waals surface area contributed by atoms with Gasteiger partial charge in [0.1, 0.15) is 11.6 Å². The molecule has 106 valence electrons. The summed E-state index contributed by atoms with van der Waals surface area (Å²) < 4.78 is 19.0. The van der Waals surface area contributed by atoms with Crippen molar-refractivity contribution in [3.63, 3.8) is 0 Å². The number of aromatic nitrogens is 3. The van der Waals surface area contributed by atoms with Crippen LogP contribution in [0.15, 0.2) is 6.07 Å². The summed E-state index contributed by atoms with van der Waals surface area (Å²) in [5.41, 5.74) is 7.05. The largest absolute Gasteiger partial charge is 0.384 e. The van der Waals surface area contributed by atoms with Gasteiger partial charge >= 0.3 is 6.08 Å². The van der Waals surface area contributed by atoms with Gasteiger partial charge in [0.25, 0.3) is 0 Å². The van der Waals surface area contributed by atoms with Crippen molar-refractivity contribution in [3.05, 3.63) is 17.8 Å². The molecule has 0 aliphatic carbocycles. The van der Waals surface area contributed by atoms with Gasteiger partial charge in [-0.05, 0) is 6.42 Å². The van der Waals surface area contributed by atoms with Crippen LogP contribution in [-0.2, 0) is 11.2 Å². The highest BCUT2D eigenvalue weighted by molar-refractivity contribution is 5.92. The number of nitrogens with zero attached hydrogens (tertiary/aromatic N) is 4. The fraction of sp³-hybridized carbons (Fsp3) is 0.462. The number of aryl methyl sites for hydroxylation is 1. The van der Waals surface area contributed by atoms with E-state index in [0.29, 0.717) is 49.9 Å². The van der Waals surface area contributed by atoms with E-state index in [1.54, 1.807) is 6.07 Å². The van der Waals surface area contributed by atoms with Gasteiger partial charge in [0.2, 0.25) is 0 Å². The molecule has 6 nitrogen and oxygen atoms in total. The second kappa shape index (κ2) is 5.16. The van der Waals surface area contributed by atoms with Crippen LogP contribution in [0.2, 0.25) is 0 Å². The van der Waals surface area contributed by atoms with E-state index >= 15 is 0 Å². The molecule has 0 saturated carbocycles. The van der Waals surface area contributed by atoms with Crippen molar-refractivity contribution in [2.45, 2.75) is 13.3 Å². The summed E-state index contributed by atoms with van der Waals surface area (Å²) in [7, 11) is 0. The number of hydrogen-bond donors (Lipinski definition) is 1. The minimum Gasteiger partial charge on any atom is -0.384 e. The second-order valence-electron chi connectivity index (χ2n) is 4.66. The molecule has 3 heterocycles. The number of anilines is 2. The SMILES string of the molecule is CCc1nc(N)cc2nc(F)nc(N3CCOCC3)c12. The number of halogens is 1. The predicted molar refractivity (Wildman–Crippen MR) is 74.1 cm³/mol. The van der Waals surface area contributed by atoms with E-state index in [9.17, 15) is 4.39 Å². The lowest BCUT2D eigenvalue weighted by molar-refractivity contribution is 0.122. The Kier molecular flexibility index (Phi) is 3.35. The van der Waals surface area contributed by atoms with Crippen molar-refractivity contribution in [3.8, 4) is 0 Å². The third-order valence-corrected chi connectivity index (χ3v) is 3.37. The quantitative estimate of drug-likeness (QED) is 0.830. The number of pyridine rings is 1. The Hall–Kier alpha value is -2.02. The van der Waals surface area contributed by atoms with E-state index in [2.05, 4.69) is 15.0 Å². The van der Waals surface area contributed by atoms with Crippen LogP contribution in [0.5, 0.6) is 0 Å². The van der Waals surface area contributed by atoms with Crippen LogP contribution in [0.4, 0.5) is 16.0 Å². The molecular formula is C13H16FN5O. The molecule has 2 N–H and O–H groups in total. The molecule has 1 fully saturated rings. The molecule has 0 bridgehead atoms. The van der Waals surface area contributed by atoms with Crippen molar-refractivity contribution in [2.24, 2.45) is 0 Å². The van der Waals surface area contributed by atoms with E-state index < -0.39 is 6.08 Å². The third-order valence-electron chi connectivity index (χ3n) is 3.37. The maximum Gasteiger partial charge on any atom is 0.311 e. The first-order chi connectivity index (χ1) is 9.69. The van der Waals surface area contributed by atoms with E-state index in [1.165, 1.54) is 0 Å². The van der Waals surface area contributed by atoms with Gasteiger partial charge in [-0.25, -0.2) is 9.97 Å². The summed E-state index contributed by atoms with van der Waals surface area (Å²) in [6.07, 6.45) is -0.0555. The average molecular weight is 277 g/mol. The lowest BCUT2D eigenvalue weighted by Gasteiger charge is -2.28. The molecular weight excluding hydrogens is 261 g/mol. The van der Waals surface area contributed by atoms with Crippen LogP contribution >= 0.6 is 0 Å². The molecule has 0 atom stereocenters. The predicted octanol–water partition coefficient (Wildman–Crippen LogP) is 1.15. The molecule has 1 saturated heterocycles. The summed E-state index contributed by atoms with van der Waals surface area (Å²) in [5, 5.41) is 0.782. The van der Waals surface area contributed by atoms with E-state index in [1.807, 2.05) is 11.8 Å². The normalized spacial score (nSPS) is 15.8. The highest BCUT2D eigenvalue weighted by Crippen LogP contribution is 2.28. The van der Waals surface area contributed by atoms with Crippen LogP contribution in [0.1, 0.15) is 12.6 Å². The molecule has 0 spiro atoms. The smallest absolute Gasteiger partial charge is 0.311 e. The number of hydrogen-bond acceptors (Lipinski definition) is 6. The highest BCUT2D eigenvalue weighted by atomic mass is 19.1. The Labute approximate surface area is 115 Å². The molecule has 0 aromatic carbocycles. The molecule has 3 rings (SSSR count). The third kappa shape index (κ3) is 2.24. The van der Waals surface area contributed by atoms with Gasteiger partial charge < -0.3 is 15.4 Å². The summed E-state index contributed by atoms with van der Waals surface area (Å²) in [4.78, 5) is 14.1. The molecule has 1 aliphatic rings. The van der Waals surface area contributed by atoms with E-state index in [0.717, 1.165) is 11.1 Å². The zero-order chi connectivity index (χ0) is 14.1. The van der Waals surface area contributed by atoms with Crippen molar-refractivity contribution in [1.82, 2.24) is 15.0 Å². The van der Waals surface area contributed by atoms with Crippen LogP contribution in [-0.4, -0.2) is 41.3 Å². The molecule has 20 heavy (non-hydrogen) atoms. The lowest BCUT2D eigenvalue weighted by atomic mass is 10.1. The Morgan fingerprint density at radius 2 is 2.05 bits per heavy atom. The first-order valence-electron chi connectivity index (χ1n) is 6.64. The molecule has 7 heteroatoms. The summed E-state index contributed by atoms with van der Waals surface area (Å²) in [5.74, 6) is 0.931. The number of nitrogen functional groups attached to an aromatic ring is 1. The van der Waals surface area contributed by atoms with Gasteiger partial charge in [-0.2, -0.15) is 9.37 Å². The number of nitrogens with two attached hydrogens (primary N) is 1. The van der Waals surface area contributed by atoms with Gasteiger partial charge in [-0.15, -0.1) is 0 Å². The van der Waals surface area contributed by atoms with Crippen molar-refractivity contribution in [1.29, 1.82) is 0 Å². The molecule has 0 amide bonds. The monoisotopic (exact) mass is 277 g/mol. The minimum atomic E-state index is -0.744. The van der Waals surface area contributed by atoms with Gasteiger partial charge in [0.15, 0.2) is 0 Å². The highest BCUT2D eigenvalue weighted by Gasteiger charge is 2.20. The zero-order valence-electron chi connectivity index (χ0n) is 11.3. The summed E-state index contributed by atoms with van der Waals surface area (Å²) in [6.45, 7) is 4.56. The number of rotatable bonds is 2. The molecule has 0 unspecified atom stereocenters. The molecule has 1 aliphatic heterocycles. The summed E-state index contributed by atoms with van der Waals surface area (Å²) in [6, 6.07) is 1.59. The van der Waals surface area contributed by atoms with Gasteiger partial charge in [-0.1, -0.05) is 6.92 Å². The van der Waals surface area contributed by atoms with Crippen molar-refractivity contribution >= 4 is 22.5 Å². The van der Waals surface area contributed by atoms with Crippen LogP contribution in [0, 0.1) is 6.08 Å². The Bertz CT molecular complexity index is 637. The minimum absolute atomic E-state index is 0.348. The average Bonchev–Trinajstić information content (AvgIpc) is 2.46. The maximum atomic E-state index is 13.7. The van der Waals surface area contributed by atoms with Gasteiger partial charge in [0.05, 0.1) is 29.8 Å². The second-order valence-corrected chi connectivity index (χ2v) is 4.66. The first-order valence-corrected chi connectivity index (χ1v) is 6.64. The number of fused-ring (bicyclic) bond motifs is 1. The van der Waals surface area contributed by atoms with E-state index in [4.69, 9.17) is 10.5 Å². The van der Waals surface area contributed by atoms with Crippen LogP contribution < -0.4 is 10.6 Å². The Morgan fingerprint density at radius 3 is 2.75 bits per heavy atom. The molecule has 2 aromatic rings. The van der Waals surface area contributed by atoms with E-state index in [-0.39, 0.29) is 0 Å². The van der Waals surface area contributed by atoms with Gasteiger partial charge in [0, 0.05) is 19.2 Å². The molecule has 2 aromatic heterocycles. The van der Waals surface area contributed by atoms with Crippen molar-refractivity contribution in [2.75, 3.05) is 36.9 Å². The topological polar surface area (TPSA) is 77.2 Å². The van der Waals surface area contributed by atoms with Crippen molar-refractivity contribution < 1.29 is 9.13 Å². The Morgan fingerprint density at radius 1 is 1.30 bits per heavy atom. The fourth-order valence-electron chi connectivity index (χ4n) is 2.46. The zero-order valence-corrected chi connectivity index (χ0v) is 11.3. The summed E-state index contributed by atoms with van der Waals surface area (Å²) >= 11 is 0. The number of morpholine rings is 1. The first kappa shape index (κ1) is 13.0. The van der Waals surface area contributed by atoms with Crippen LogP contribution in [0.25, 0.3) is 10.9 Å². The molecule has 0 radical (unpaired) electrons. The Balaban J connectivity index is 2.23.